The van der Waals surface area contributed by atoms with Gasteiger partial charge in [0.15, 0.2) is 0 Å². The van der Waals surface area contributed by atoms with Crippen LogP contribution in [0.25, 0.3) is 89.4 Å². The Hall–Kier alpha value is -3.10. The maximum absolute atomic E-state index is 2.44. The monoisotopic (exact) mass is 616 g/mol. The van der Waals surface area contributed by atoms with Crippen molar-refractivity contribution in [2.75, 3.05) is 0 Å². The molecular weight excluding hydrogens is 601 g/mol. The van der Waals surface area contributed by atoms with Crippen LogP contribution in [0.4, 0.5) is 0 Å². The number of rotatable bonds is 2. The summed E-state index contributed by atoms with van der Waals surface area (Å²) in [6, 6.07) is 36.6. The third-order valence-electron chi connectivity index (χ3n) is 7.69. The van der Waals surface area contributed by atoms with E-state index in [-0.39, 0.29) is 0 Å². The van der Waals surface area contributed by atoms with Crippen LogP contribution in [-0.4, -0.2) is 0 Å². The lowest BCUT2D eigenvalue weighted by molar-refractivity contribution is 1.85. The first kappa shape index (κ1) is 22.6. The predicted octanol–water partition coefficient (Wildman–Crippen LogP) is 13.5. The Bertz CT molecular complexity index is 2360. The summed E-state index contributed by atoms with van der Waals surface area (Å²) in [5.41, 5.74) is 0. The minimum absolute atomic E-state index is 1.34. The van der Waals surface area contributed by atoms with E-state index in [9.17, 15) is 0 Å². The zero-order valence-electron chi connectivity index (χ0n) is 20.7. The van der Waals surface area contributed by atoms with Crippen LogP contribution in [0.3, 0.4) is 0 Å². The van der Waals surface area contributed by atoms with Gasteiger partial charge in [0, 0.05) is 58.5 Å². The van der Waals surface area contributed by atoms with Crippen molar-refractivity contribution < 1.29 is 0 Å². The van der Waals surface area contributed by atoms with E-state index in [0.29, 0.717) is 0 Å². The van der Waals surface area contributed by atoms with E-state index in [0.717, 1.165) is 0 Å². The summed E-state index contributed by atoms with van der Waals surface area (Å²) in [6.07, 6.45) is 0. The van der Waals surface area contributed by atoms with E-state index >= 15 is 0 Å². The fraction of sp³-hybridized carbons (Fsp3) is 0. The zero-order valence-corrected chi connectivity index (χ0v) is 25.6. The first-order chi connectivity index (χ1) is 19.7. The number of thiophene rings is 6. The second-order valence-electron chi connectivity index (χ2n) is 10.2. The Morgan fingerprint density at radius 1 is 0.300 bits per heavy atom. The summed E-state index contributed by atoms with van der Waals surface area (Å²) in [4.78, 5) is 5.48. The van der Waals surface area contributed by atoms with E-state index in [1.54, 1.807) is 0 Å². The molecule has 6 heteroatoms. The van der Waals surface area contributed by atoms with Crippen LogP contribution >= 0.6 is 68.0 Å². The van der Waals surface area contributed by atoms with Crippen molar-refractivity contribution in [1.29, 1.82) is 0 Å². The number of benzene rings is 4. The molecular formula is C34H16S6. The molecule has 4 aromatic carbocycles. The molecule has 0 fully saturated rings. The minimum Gasteiger partial charge on any atom is -0.134 e. The van der Waals surface area contributed by atoms with Crippen LogP contribution in [0, 0.1) is 0 Å². The molecule has 0 aliphatic heterocycles. The molecule has 0 aliphatic carbocycles. The fourth-order valence-electron chi connectivity index (χ4n) is 5.78. The number of fused-ring (bicyclic) bond motifs is 9. The largest absolute Gasteiger partial charge is 0.134 e. The van der Waals surface area contributed by atoms with Crippen molar-refractivity contribution in [3.63, 3.8) is 0 Å². The zero-order chi connectivity index (χ0) is 25.9. The van der Waals surface area contributed by atoms with Gasteiger partial charge in [-0.15, -0.1) is 68.0 Å². The third-order valence-corrected chi connectivity index (χ3v) is 15.0. The molecule has 0 N–H and O–H groups in total. The highest BCUT2D eigenvalue weighted by molar-refractivity contribution is 7.37. The smallest absolute Gasteiger partial charge is 0.0542 e. The topological polar surface area (TPSA) is 0 Å². The molecule has 0 atom stereocenters. The van der Waals surface area contributed by atoms with E-state index in [1.165, 1.54) is 89.4 Å². The molecule has 0 nitrogen and oxygen atoms in total. The average molecular weight is 617 g/mol. The van der Waals surface area contributed by atoms with Gasteiger partial charge < -0.3 is 0 Å². The molecule has 10 rings (SSSR count). The van der Waals surface area contributed by atoms with Gasteiger partial charge in [0.2, 0.25) is 0 Å². The lowest BCUT2D eigenvalue weighted by Crippen LogP contribution is -1.64. The second-order valence-corrected chi connectivity index (χ2v) is 16.6. The van der Waals surface area contributed by atoms with E-state index in [2.05, 4.69) is 97.1 Å². The standard InChI is InChI=1S/C34H16S6/c1-3-7-23-17(5-1)11-29(35-23)31-13-19-9-21-27(15-25(19)37-31)39-34-22-10-20-14-32(38-26(20)16-28(22)40-33(21)34)30-12-18-6-2-4-8-24(18)36-30/h1-16H. The molecule has 0 saturated carbocycles. The van der Waals surface area contributed by atoms with Crippen LogP contribution in [-0.2, 0) is 0 Å². The summed E-state index contributed by atoms with van der Waals surface area (Å²) in [5, 5.41) is 8.20. The summed E-state index contributed by atoms with van der Waals surface area (Å²) in [6.45, 7) is 0. The molecule has 6 aromatic heterocycles. The SMILES string of the molecule is c1ccc2sc(-c3cc4cc5c(cc4s3)sc3c4cc6cc(-c7cc8ccccc8s7)sc6cc4sc53)cc2c1. The molecule has 0 aliphatic rings. The van der Waals surface area contributed by atoms with Crippen molar-refractivity contribution in [3.05, 3.63) is 97.1 Å². The van der Waals surface area contributed by atoms with Crippen LogP contribution in [0.2, 0.25) is 0 Å². The Kier molecular flexibility index (Phi) is 4.64. The molecule has 0 radical (unpaired) electrons. The van der Waals surface area contributed by atoms with E-state index < -0.39 is 0 Å². The van der Waals surface area contributed by atoms with Gasteiger partial charge in [0.25, 0.3) is 0 Å². The van der Waals surface area contributed by atoms with Gasteiger partial charge in [0.05, 0.1) is 9.40 Å². The highest BCUT2D eigenvalue weighted by Crippen LogP contribution is 2.49. The molecule has 40 heavy (non-hydrogen) atoms. The summed E-state index contributed by atoms with van der Waals surface area (Å²) < 4.78 is 11.2. The Morgan fingerprint density at radius 2 is 0.700 bits per heavy atom. The fourth-order valence-corrected chi connectivity index (χ4v) is 13.0. The first-order valence-corrected chi connectivity index (χ1v) is 17.9. The average Bonchev–Trinajstić information content (AvgIpc) is 3.79. The maximum Gasteiger partial charge on any atom is 0.0542 e. The van der Waals surface area contributed by atoms with Gasteiger partial charge in [-0.3, -0.25) is 0 Å². The minimum atomic E-state index is 1.34. The van der Waals surface area contributed by atoms with Crippen LogP contribution in [0.15, 0.2) is 97.1 Å². The maximum atomic E-state index is 2.44. The van der Waals surface area contributed by atoms with Gasteiger partial charge in [-0.05, 0) is 82.2 Å². The molecule has 0 spiro atoms. The van der Waals surface area contributed by atoms with Gasteiger partial charge in [0.1, 0.15) is 0 Å². The lowest BCUT2D eigenvalue weighted by atomic mass is 10.1. The van der Waals surface area contributed by atoms with Crippen LogP contribution in [0.5, 0.6) is 0 Å². The second kappa shape index (κ2) is 8.23. The van der Waals surface area contributed by atoms with Crippen LogP contribution in [0.1, 0.15) is 0 Å². The molecule has 0 amide bonds. The molecule has 6 heterocycles. The quantitative estimate of drug-likeness (QED) is 0.181. The molecule has 0 saturated heterocycles. The van der Waals surface area contributed by atoms with E-state index in [1.807, 2.05) is 68.0 Å². The Balaban J connectivity index is 1.11. The van der Waals surface area contributed by atoms with Crippen molar-refractivity contribution in [3.8, 4) is 19.5 Å². The lowest BCUT2D eigenvalue weighted by Gasteiger charge is -1.93. The van der Waals surface area contributed by atoms with Gasteiger partial charge in [-0.2, -0.15) is 0 Å². The number of hydrogen-bond acceptors (Lipinski definition) is 6. The summed E-state index contributed by atoms with van der Waals surface area (Å²) in [5.74, 6) is 0. The summed E-state index contributed by atoms with van der Waals surface area (Å²) >= 11 is 11.6. The predicted molar refractivity (Wildman–Crippen MR) is 187 cm³/mol. The highest BCUT2D eigenvalue weighted by Gasteiger charge is 2.17. The molecule has 0 unspecified atom stereocenters. The molecule has 188 valence electrons. The molecule has 0 bridgehead atoms. The summed E-state index contributed by atoms with van der Waals surface area (Å²) in [7, 11) is 0. The van der Waals surface area contributed by atoms with Gasteiger partial charge in [-0.1, -0.05) is 36.4 Å². The Labute approximate surface area is 252 Å². The molecule has 10 aromatic rings. The van der Waals surface area contributed by atoms with Crippen molar-refractivity contribution in [2.24, 2.45) is 0 Å². The normalized spacial score (nSPS) is 12.5. The van der Waals surface area contributed by atoms with Crippen molar-refractivity contribution >= 4 is 138 Å². The van der Waals surface area contributed by atoms with E-state index in [4.69, 9.17) is 0 Å². The van der Waals surface area contributed by atoms with Crippen LogP contribution < -0.4 is 0 Å². The highest BCUT2D eigenvalue weighted by atomic mass is 32.1. The van der Waals surface area contributed by atoms with Gasteiger partial charge >= 0.3 is 0 Å². The first-order valence-electron chi connectivity index (χ1n) is 13.0. The Morgan fingerprint density at radius 3 is 1.15 bits per heavy atom. The number of hydrogen-bond donors (Lipinski definition) is 0. The van der Waals surface area contributed by atoms with Gasteiger partial charge in [-0.25, -0.2) is 0 Å². The third kappa shape index (κ3) is 3.26. The van der Waals surface area contributed by atoms with Crippen molar-refractivity contribution in [2.45, 2.75) is 0 Å². The van der Waals surface area contributed by atoms with Crippen molar-refractivity contribution in [1.82, 2.24) is 0 Å².